The molecule has 0 spiro atoms. The van der Waals surface area contributed by atoms with Gasteiger partial charge in [-0.15, -0.1) is 0 Å². The predicted molar refractivity (Wildman–Crippen MR) is 42.0 cm³/mol. The molecule has 0 aliphatic carbocycles. The van der Waals surface area contributed by atoms with Gasteiger partial charge in [0.1, 0.15) is 11.9 Å². The normalized spacial score (nSPS) is 20.8. The van der Waals surface area contributed by atoms with Gasteiger partial charge in [-0.1, -0.05) is 18.2 Å². The molecule has 3 nitrogen and oxygen atoms in total. The van der Waals surface area contributed by atoms with E-state index in [0.29, 0.717) is 5.75 Å². The van der Waals surface area contributed by atoms with Crippen LogP contribution >= 0.6 is 0 Å². The number of hydrogen-bond donors (Lipinski definition) is 0. The fourth-order valence-corrected chi connectivity index (χ4v) is 1.23. The molecule has 0 aromatic heterocycles. The Morgan fingerprint density at radius 3 is 2.92 bits per heavy atom. The predicted octanol–water partition coefficient (Wildman–Crippen LogP) is 2.28. The third-order valence-corrected chi connectivity index (χ3v) is 1.82. The zero-order valence-electron chi connectivity index (χ0n) is 6.61. The smallest absolute Gasteiger partial charge is 0.426 e. The van der Waals surface area contributed by atoms with E-state index in [4.69, 9.17) is 9.47 Å². The molecule has 1 aromatic carbocycles. The molecule has 0 saturated heterocycles. The Morgan fingerprint density at radius 2 is 2.08 bits per heavy atom. The van der Waals surface area contributed by atoms with Gasteiger partial charge in [-0.25, -0.2) is 4.79 Å². The van der Waals surface area contributed by atoms with Gasteiger partial charge in [0.2, 0.25) is 0 Å². The summed E-state index contributed by atoms with van der Waals surface area (Å²) >= 11 is 0. The highest BCUT2D eigenvalue weighted by atomic mass is 16.7. The molecule has 0 N–H and O–H groups in total. The van der Waals surface area contributed by atoms with Crippen LogP contribution in [0.15, 0.2) is 24.3 Å². The number of rotatable bonds is 0. The molecule has 1 heterocycles. The zero-order chi connectivity index (χ0) is 8.55. The molecule has 62 valence electrons. The van der Waals surface area contributed by atoms with Gasteiger partial charge in [0.05, 0.1) is 0 Å². The van der Waals surface area contributed by atoms with Gasteiger partial charge in [-0.05, 0) is 13.0 Å². The molecule has 1 unspecified atom stereocenters. The van der Waals surface area contributed by atoms with Crippen molar-refractivity contribution in [3.05, 3.63) is 29.8 Å². The fourth-order valence-electron chi connectivity index (χ4n) is 1.23. The van der Waals surface area contributed by atoms with Crippen LogP contribution in [0.1, 0.15) is 18.6 Å². The Morgan fingerprint density at radius 1 is 1.33 bits per heavy atom. The number of benzene rings is 1. The van der Waals surface area contributed by atoms with E-state index in [1.165, 1.54) is 0 Å². The van der Waals surface area contributed by atoms with Gasteiger partial charge in [-0.2, -0.15) is 0 Å². The number of para-hydroxylation sites is 1. The second-order valence-electron chi connectivity index (χ2n) is 2.65. The van der Waals surface area contributed by atoms with Crippen LogP contribution < -0.4 is 4.74 Å². The first kappa shape index (κ1) is 7.16. The fraction of sp³-hybridized carbons (Fsp3) is 0.222. The van der Waals surface area contributed by atoms with Crippen LogP contribution in [0.2, 0.25) is 0 Å². The van der Waals surface area contributed by atoms with E-state index in [-0.39, 0.29) is 6.10 Å². The van der Waals surface area contributed by atoms with Crippen LogP contribution in [0.3, 0.4) is 0 Å². The number of hydrogen-bond acceptors (Lipinski definition) is 3. The van der Waals surface area contributed by atoms with Crippen LogP contribution in [-0.4, -0.2) is 6.16 Å². The molecule has 0 amide bonds. The van der Waals surface area contributed by atoms with Gasteiger partial charge in [0.25, 0.3) is 0 Å². The maximum atomic E-state index is 10.8. The summed E-state index contributed by atoms with van der Waals surface area (Å²) in [6.45, 7) is 1.82. The van der Waals surface area contributed by atoms with Crippen LogP contribution in [0, 0.1) is 0 Å². The lowest BCUT2D eigenvalue weighted by Crippen LogP contribution is -2.20. The topological polar surface area (TPSA) is 35.5 Å². The summed E-state index contributed by atoms with van der Waals surface area (Å²) in [6.07, 6.45) is -0.830. The number of carbonyl (C=O) groups is 1. The average Bonchev–Trinajstić information content (AvgIpc) is 2.04. The molecule has 1 atom stereocenters. The van der Waals surface area contributed by atoms with Crippen molar-refractivity contribution in [2.45, 2.75) is 13.0 Å². The molecule has 0 bridgehead atoms. The molecule has 1 aromatic rings. The molecule has 1 aliphatic rings. The minimum absolute atomic E-state index is 0.206. The summed E-state index contributed by atoms with van der Waals surface area (Å²) in [5.41, 5.74) is 0.914. The Hall–Kier alpha value is -1.51. The maximum absolute atomic E-state index is 10.8. The lowest BCUT2D eigenvalue weighted by Gasteiger charge is -2.21. The van der Waals surface area contributed by atoms with Crippen molar-refractivity contribution >= 4 is 6.16 Å². The summed E-state index contributed by atoms with van der Waals surface area (Å²) in [7, 11) is 0. The highest BCUT2D eigenvalue weighted by molar-refractivity contribution is 5.67. The summed E-state index contributed by atoms with van der Waals surface area (Å²) in [5.74, 6) is 0.598. The molecule has 2 rings (SSSR count). The molecule has 0 saturated carbocycles. The monoisotopic (exact) mass is 164 g/mol. The lowest BCUT2D eigenvalue weighted by molar-refractivity contribution is 0.0493. The molecular formula is C9H8O3. The van der Waals surface area contributed by atoms with Gasteiger partial charge >= 0.3 is 6.16 Å². The van der Waals surface area contributed by atoms with E-state index in [1.54, 1.807) is 6.07 Å². The number of fused-ring (bicyclic) bond motifs is 1. The maximum Gasteiger partial charge on any atom is 0.514 e. The molecular weight excluding hydrogens is 156 g/mol. The van der Waals surface area contributed by atoms with Crippen molar-refractivity contribution < 1.29 is 14.3 Å². The van der Waals surface area contributed by atoms with Crippen molar-refractivity contribution in [3.63, 3.8) is 0 Å². The van der Waals surface area contributed by atoms with Crippen molar-refractivity contribution in [1.29, 1.82) is 0 Å². The Bertz CT molecular complexity index is 319. The second-order valence-corrected chi connectivity index (χ2v) is 2.65. The number of cyclic esters (lactones) is 1. The minimum atomic E-state index is -0.624. The van der Waals surface area contributed by atoms with Gasteiger partial charge < -0.3 is 9.47 Å². The zero-order valence-corrected chi connectivity index (χ0v) is 6.61. The number of ether oxygens (including phenoxy) is 2. The van der Waals surface area contributed by atoms with Crippen LogP contribution in [-0.2, 0) is 4.74 Å². The van der Waals surface area contributed by atoms with Gasteiger partial charge in [0.15, 0.2) is 0 Å². The second kappa shape index (κ2) is 2.52. The molecule has 0 fully saturated rings. The van der Waals surface area contributed by atoms with Crippen molar-refractivity contribution in [3.8, 4) is 5.75 Å². The van der Waals surface area contributed by atoms with E-state index in [1.807, 2.05) is 25.1 Å². The van der Waals surface area contributed by atoms with E-state index in [2.05, 4.69) is 0 Å². The Labute approximate surface area is 69.9 Å². The van der Waals surface area contributed by atoms with Crippen molar-refractivity contribution in [1.82, 2.24) is 0 Å². The standard InChI is InChI=1S/C9H8O3/c1-6-7-4-2-3-5-8(7)12-9(10)11-6/h2-6H,1H3. The van der Waals surface area contributed by atoms with Crippen molar-refractivity contribution in [2.24, 2.45) is 0 Å². The summed E-state index contributed by atoms with van der Waals surface area (Å²) in [6, 6.07) is 7.35. The molecule has 0 radical (unpaired) electrons. The first-order chi connectivity index (χ1) is 5.77. The molecule has 3 heteroatoms. The van der Waals surface area contributed by atoms with E-state index in [9.17, 15) is 4.79 Å². The van der Waals surface area contributed by atoms with Crippen molar-refractivity contribution in [2.75, 3.05) is 0 Å². The molecule has 1 aliphatic heterocycles. The average molecular weight is 164 g/mol. The van der Waals surface area contributed by atoms with E-state index >= 15 is 0 Å². The molecule has 12 heavy (non-hydrogen) atoms. The lowest BCUT2D eigenvalue weighted by atomic mass is 10.1. The summed E-state index contributed by atoms with van der Waals surface area (Å²) < 4.78 is 9.69. The SMILES string of the molecule is CC1OC(=O)Oc2ccccc21. The third kappa shape index (κ3) is 1.03. The Balaban J connectivity index is 2.47. The number of carbonyl (C=O) groups excluding carboxylic acids is 1. The third-order valence-electron chi connectivity index (χ3n) is 1.82. The van der Waals surface area contributed by atoms with Gasteiger partial charge in [-0.3, -0.25) is 0 Å². The summed E-state index contributed by atoms with van der Waals surface area (Å²) in [5, 5.41) is 0. The quantitative estimate of drug-likeness (QED) is 0.436. The Kier molecular flexibility index (Phi) is 1.50. The first-order valence-corrected chi connectivity index (χ1v) is 3.75. The van der Waals surface area contributed by atoms with E-state index < -0.39 is 6.16 Å². The van der Waals surface area contributed by atoms with Crippen LogP contribution in [0.25, 0.3) is 0 Å². The van der Waals surface area contributed by atoms with Gasteiger partial charge in [0, 0.05) is 5.56 Å². The minimum Gasteiger partial charge on any atom is -0.426 e. The highest BCUT2D eigenvalue weighted by Gasteiger charge is 2.23. The largest absolute Gasteiger partial charge is 0.514 e. The van der Waals surface area contributed by atoms with E-state index in [0.717, 1.165) is 5.56 Å². The highest BCUT2D eigenvalue weighted by Crippen LogP contribution is 2.31. The van der Waals surface area contributed by atoms with Crippen LogP contribution in [0.5, 0.6) is 5.75 Å². The van der Waals surface area contributed by atoms with Crippen LogP contribution in [0.4, 0.5) is 4.79 Å². The first-order valence-electron chi connectivity index (χ1n) is 3.75. The summed E-state index contributed by atoms with van der Waals surface area (Å²) in [4.78, 5) is 10.8.